The van der Waals surface area contributed by atoms with Crippen LogP contribution in [0, 0.1) is 0 Å². The van der Waals surface area contributed by atoms with Gasteiger partial charge in [-0.2, -0.15) is 13.2 Å². The van der Waals surface area contributed by atoms with E-state index < -0.39 is 12.0 Å². The zero-order valence-electron chi connectivity index (χ0n) is 6.97. The Morgan fingerprint density at radius 2 is 2.08 bits per heavy atom. The summed E-state index contributed by atoms with van der Waals surface area (Å²) in [6, 6.07) is 0. The summed E-state index contributed by atoms with van der Waals surface area (Å²) in [5, 5.41) is 6.44. The number of nitrogens with zero attached hydrogens (tertiary/aromatic N) is 3. The first-order valence-corrected chi connectivity index (χ1v) is 3.53. The van der Waals surface area contributed by atoms with Crippen LogP contribution in [-0.2, 0) is 19.6 Å². The van der Waals surface area contributed by atoms with Gasteiger partial charge in [-0.15, -0.1) is 16.8 Å². The lowest BCUT2D eigenvalue weighted by molar-refractivity contribution is -0.147. The third kappa shape index (κ3) is 1.88. The quantitative estimate of drug-likeness (QED) is 0.664. The van der Waals surface area contributed by atoms with Crippen molar-refractivity contribution in [1.82, 2.24) is 14.8 Å². The van der Waals surface area contributed by atoms with Crippen molar-refractivity contribution in [1.29, 1.82) is 0 Å². The van der Waals surface area contributed by atoms with Crippen LogP contribution in [0.15, 0.2) is 12.7 Å². The smallest absolute Gasteiger partial charge is 0.310 e. The van der Waals surface area contributed by atoms with E-state index in [1.165, 1.54) is 13.1 Å². The lowest BCUT2D eigenvalue weighted by Gasteiger charge is -2.05. The van der Waals surface area contributed by atoms with E-state index in [1.54, 1.807) is 0 Å². The van der Waals surface area contributed by atoms with Crippen LogP contribution < -0.4 is 0 Å². The van der Waals surface area contributed by atoms with Crippen molar-refractivity contribution in [2.45, 2.75) is 12.6 Å². The number of alkyl halides is 3. The summed E-state index contributed by atoms with van der Waals surface area (Å²) < 4.78 is 37.4. The Hall–Kier alpha value is -1.33. The van der Waals surface area contributed by atoms with E-state index >= 15 is 0 Å². The molecule has 0 aliphatic carbocycles. The van der Waals surface area contributed by atoms with Crippen LogP contribution in [0.4, 0.5) is 13.2 Å². The minimum Gasteiger partial charge on any atom is -0.310 e. The maximum atomic E-state index is 12.2. The molecule has 0 atom stereocenters. The summed E-state index contributed by atoms with van der Waals surface area (Å²) in [5.41, 5.74) is 0. The molecule has 0 saturated heterocycles. The summed E-state index contributed by atoms with van der Waals surface area (Å²) in [6.07, 6.45) is -2.69. The standard InChI is InChI=1S/C7H8F3N3/c1-3-4-5-11-12-6(13(5)2)7(8,9)10/h3H,1,4H2,2H3. The first kappa shape index (κ1) is 9.76. The van der Waals surface area contributed by atoms with Gasteiger partial charge in [0.25, 0.3) is 0 Å². The fourth-order valence-corrected chi connectivity index (χ4v) is 0.915. The molecule has 13 heavy (non-hydrogen) atoms. The van der Waals surface area contributed by atoms with Crippen molar-refractivity contribution in [3.05, 3.63) is 24.3 Å². The van der Waals surface area contributed by atoms with Gasteiger partial charge in [-0.25, -0.2) is 0 Å². The van der Waals surface area contributed by atoms with E-state index in [9.17, 15) is 13.2 Å². The molecule has 1 heterocycles. The minimum absolute atomic E-state index is 0.252. The fourth-order valence-electron chi connectivity index (χ4n) is 0.915. The summed E-state index contributed by atoms with van der Waals surface area (Å²) in [6.45, 7) is 3.41. The van der Waals surface area contributed by atoms with E-state index in [0.29, 0.717) is 0 Å². The molecule has 0 spiro atoms. The highest BCUT2D eigenvalue weighted by Gasteiger charge is 2.37. The van der Waals surface area contributed by atoms with Crippen molar-refractivity contribution >= 4 is 0 Å². The summed E-state index contributed by atoms with van der Waals surface area (Å²) >= 11 is 0. The van der Waals surface area contributed by atoms with Gasteiger partial charge in [-0.1, -0.05) is 6.08 Å². The molecule has 0 aliphatic heterocycles. The second-order valence-electron chi connectivity index (χ2n) is 2.49. The number of hydrogen-bond donors (Lipinski definition) is 0. The molecule has 1 aromatic rings. The molecule has 0 radical (unpaired) electrons. The van der Waals surface area contributed by atoms with E-state index in [1.807, 2.05) is 0 Å². The van der Waals surface area contributed by atoms with Gasteiger partial charge in [0.05, 0.1) is 0 Å². The number of allylic oxidation sites excluding steroid dienone is 1. The number of aromatic nitrogens is 3. The maximum Gasteiger partial charge on any atom is 0.451 e. The van der Waals surface area contributed by atoms with Crippen molar-refractivity contribution in [3.8, 4) is 0 Å². The van der Waals surface area contributed by atoms with E-state index in [0.717, 1.165) is 4.57 Å². The van der Waals surface area contributed by atoms with Crippen molar-refractivity contribution in [3.63, 3.8) is 0 Å². The summed E-state index contributed by atoms with van der Waals surface area (Å²) in [5.74, 6) is -0.730. The van der Waals surface area contributed by atoms with Crippen LogP contribution in [0.1, 0.15) is 11.6 Å². The van der Waals surface area contributed by atoms with E-state index in [2.05, 4.69) is 16.8 Å². The van der Waals surface area contributed by atoms with Gasteiger partial charge in [0, 0.05) is 13.5 Å². The highest BCUT2D eigenvalue weighted by atomic mass is 19.4. The molecule has 0 N–H and O–H groups in total. The SMILES string of the molecule is C=CCc1nnc(C(F)(F)F)n1C. The van der Waals surface area contributed by atoms with Crippen molar-refractivity contribution in [2.24, 2.45) is 7.05 Å². The molecule has 3 nitrogen and oxygen atoms in total. The first-order valence-electron chi connectivity index (χ1n) is 3.53. The Bertz CT molecular complexity index is 313. The van der Waals surface area contributed by atoms with Crippen molar-refractivity contribution in [2.75, 3.05) is 0 Å². The molecule has 6 heteroatoms. The molecule has 0 aliphatic rings. The largest absolute Gasteiger partial charge is 0.451 e. The van der Waals surface area contributed by atoms with Gasteiger partial charge >= 0.3 is 6.18 Å². The molecule has 0 saturated carbocycles. The monoisotopic (exact) mass is 191 g/mol. The average molecular weight is 191 g/mol. The Labute approximate surface area is 72.9 Å². The van der Waals surface area contributed by atoms with Crippen LogP contribution in [0.2, 0.25) is 0 Å². The zero-order chi connectivity index (χ0) is 10.1. The third-order valence-electron chi connectivity index (χ3n) is 1.55. The van der Waals surface area contributed by atoms with E-state index in [4.69, 9.17) is 0 Å². The molecule has 0 unspecified atom stereocenters. The van der Waals surface area contributed by atoms with Crippen molar-refractivity contribution < 1.29 is 13.2 Å². The lowest BCUT2D eigenvalue weighted by atomic mass is 10.4. The second-order valence-corrected chi connectivity index (χ2v) is 2.49. The van der Waals surface area contributed by atoms with Crippen LogP contribution in [-0.4, -0.2) is 14.8 Å². The highest BCUT2D eigenvalue weighted by Crippen LogP contribution is 2.27. The Morgan fingerprint density at radius 3 is 2.46 bits per heavy atom. The summed E-state index contributed by atoms with van der Waals surface area (Å²) in [7, 11) is 1.28. The molecular formula is C7H8F3N3. The van der Waals surface area contributed by atoms with Gasteiger partial charge in [0.15, 0.2) is 0 Å². The topological polar surface area (TPSA) is 30.7 Å². The Balaban J connectivity index is 3.06. The third-order valence-corrected chi connectivity index (χ3v) is 1.55. The molecule has 0 bridgehead atoms. The van der Waals surface area contributed by atoms with Gasteiger partial charge < -0.3 is 4.57 Å². The molecule has 72 valence electrons. The minimum atomic E-state index is -4.44. The van der Waals surface area contributed by atoms with Crippen LogP contribution in [0.3, 0.4) is 0 Å². The van der Waals surface area contributed by atoms with Gasteiger partial charge in [-0.3, -0.25) is 0 Å². The lowest BCUT2D eigenvalue weighted by Crippen LogP contribution is -2.13. The van der Waals surface area contributed by atoms with Crippen LogP contribution in [0.25, 0.3) is 0 Å². The number of halogens is 3. The van der Waals surface area contributed by atoms with Gasteiger partial charge in [-0.05, 0) is 0 Å². The van der Waals surface area contributed by atoms with Crippen LogP contribution >= 0.6 is 0 Å². The fraction of sp³-hybridized carbons (Fsp3) is 0.429. The van der Waals surface area contributed by atoms with Gasteiger partial charge in [0.1, 0.15) is 5.82 Å². The average Bonchev–Trinajstić information content (AvgIpc) is 2.32. The molecule has 0 fully saturated rings. The molecule has 0 amide bonds. The maximum absolute atomic E-state index is 12.2. The molecule has 0 aromatic carbocycles. The van der Waals surface area contributed by atoms with E-state index in [-0.39, 0.29) is 12.2 Å². The second kappa shape index (κ2) is 3.20. The molecular weight excluding hydrogens is 183 g/mol. The molecule has 1 aromatic heterocycles. The Kier molecular flexibility index (Phi) is 2.40. The van der Waals surface area contributed by atoms with Crippen LogP contribution in [0.5, 0.6) is 0 Å². The normalized spacial score (nSPS) is 11.7. The zero-order valence-corrected chi connectivity index (χ0v) is 6.97. The number of hydrogen-bond acceptors (Lipinski definition) is 2. The first-order chi connectivity index (χ1) is 5.96. The predicted molar refractivity (Wildman–Crippen MR) is 39.9 cm³/mol. The number of rotatable bonds is 2. The highest BCUT2D eigenvalue weighted by molar-refractivity contribution is 5.01. The predicted octanol–water partition coefficient (Wildman–Crippen LogP) is 1.56. The van der Waals surface area contributed by atoms with Gasteiger partial charge in [0.2, 0.25) is 5.82 Å². The summed E-state index contributed by atoms with van der Waals surface area (Å²) in [4.78, 5) is 0. The Morgan fingerprint density at radius 1 is 1.46 bits per heavy atom. The molecule has 1 rings (SSSR count).